The topological polar surface area (TPSA) is 61.8 Å². The average Bonchev–Trinajstić information content (AvgIpc) is 2.41. The molecule has 1 amide bonds. The normalized spacial score (nSPS) is 12.8. The summed E-state index contributed by atoms with van der Waals surface area (Å²) in [6.45, 7) is 9.04. The Labute approximate surface area is 133 Å². The van der Waals surface area contributed by atoms with E-state index in [1.54, 1.807) is 24.1 Å². The summed E-state index contributed by atoms with van der Waals surface area (Å²) in [5, 5.41) is 12.9. The molecule has 5 heteroatoms. The third-order valence-corrected chi connectivity index (χ3v) is 3.20. The van der Waals surface area contributed by atoms with Crippen LogP contribution in [0.4, 0.5) is 4.79 Å². The Morgan fingerprint density at radius 2 is 2.09 bits per heavy atom. The molecule has 0 aliphatic rings. The molecule has 5 nitrogen and oxygen atoms in total. The van der Waals surface area contributed by atoms with Crippen molar-refractivity contribution in [1.29, 1.82) is 0 Å². The maximum absolute atomic E-state index is 11.8. The zero-order valence-electron chi connectivity index (χ0n) is 14.2. The Kier molecular flexibility index (Phi) is 6.68. The number of hydrogen-bond acceptors (Lipinski definition) is 4. The van der Waals surface area contributed by atoms with Gasteiger partial charge in [-0.05, 0) is 58.4 Å². The fraction of sp³-hybridized carbons (Fsp3) is 0.588. The summed E-state index contributed by atoms with van der Waals surface area (Å²) in [5.41, 5.74) is 0.577. The lowest BCUT2D eigenvalue weighted by molar-refractivity contribution is 0.0297. The number of phenols is 1. The second kappa shape index (κ2) is 8.03. The number of ether oxygens (including phenoxy) is 1. The lowest BCUT2D eigenvalue weighted by atomic mass is 10.1. The maximum atomic E-state index is 11.8. The fourth-order valence-corrected chi connectivity index (χ4v) is 1.98. The van der Waals surface area contributed by atoms with E-state index in [-0.39, 0.29) is 17.9 Å². The van der Waals surface area contributed by atoms with E-state index in [0.717, 1.165) is 18.5 Å². The highest BCUT2D eigenvalue weighted by Crippen LogP contribution is 2.17. The monoisotopic (exact) mass is 308 g/mol. The van der Waals surface area contributed by atoms with E-state index in [1.807, 2.05) is 39.8 Å². The van der Waals surface area contributed by atoms with Crippen molar-refractivity contribution < 1.29 is 14.6 Å². The van der Waals surface area contributed by atoms with Crippen molar-refractivity contribution in [1.82, 2.24) is 10.2 Å². The van der Waals surface area contributed by atoms with E-state index in [4.69, 9.17) is 4.74 Å². The zero-order valence-corrected chi connectivity index (χ0v) is 14.2. The summed E-state index contributed by atoms with van der Waals surface area (Å²) in [6.07, 6.45) is 0.535. The summed E-state index contributed by atoms with van der Waals surface area (Å²) < 4.78 is 5.30. The molecule has 0 heterocycles. The molecule has 2 N–H and O–H groups in total. The van der Waals surface area contributed by atoms with Crippen LogP contribution >= 0.6 is 0 Å². The average molecular weight is 308 g/mol. The first-order valence-corrected chi connectivity index (χ1v) is 7.65. The molecule has 1 aromatic rings. The number of aromatic hydroxyl groups is 1. The third-order valence-electron chi connectivity index (χ3n) is 3.20. The van der Waals surface area contributed by atoms with Crippen LogP contribution in [0.25, 0.3) is 0 Å². The van der Waals surface area contributed by atoms with Gasteiger partial charge in [0.1, 0.15) is 11.4 Å². The van der Waals surface area contributed by atoms with Crippen LogP contribution in [0.15, 0.2) is 24.3 Å². The number of rotatable bonds is 6. The van der Waals surface area contributed by atoms with E-state index in [0.29, 0.717) is 6.54 Å². The molecule has 1 aromatic carbocycles. The molecule has 22 heavy (non-hydrogen) atoms. The molecule has 0 aromatic heterocycles. The number of nitrogens with one attached hydrogen (secondary N) is 1. The van der Waals surface area contributed by atoms with Gasteiger partial charge in [0, 0.05) is 19.6 Å². The maximum Gasteiger partial charge on any atom is 0.410 e. The van der Waals surface area contributed by atoms with E-state index >= 15 is 0 Å². The van der Waals surface area contributed by atoms with Crippen LogP contribution in [0.5, 0.6) is 5.75 Å². The van der Waals surface area contributed by atoms with Gasteiger partial charge in [-0.3, -0.25) is 0 Å². The molecule has 0 bridgehead atoms. The minimum Gasteiger partial charge on any atom is -0.508 e. The third kappa shape index (κ3) is 6.80. The van der Waals surface area contributed by atoms with E-state index in [9.17, 15) is 9.90 Å². The molecule has 0 saturated heterocycles. The van der Waals surface area contributed by atoms with Crippen molar-refractivity contribution in [2.45, 2.75) is 45.8 Å². The molecule has 0 fully saturated rings. The Hall–Kier alpha value is -1.75. The van der Waals surface area contributed by atoms with E-state index in [1.165, 1.54) is 0 Å². The summed E-state index contributed by atoms with van der Waals surface area (Å²) in [5.74, 6) is 0.274. The van der Waals surface area contributed by atoms with Crippen LogP contribution in [0.1, 0.15) is 45.7 Å². The number of phenolic OH excluding ortho intramolecular Hbond substituents is 1. The van der Waals surface area contributed by atoms with Gasteiger partial charge in [0.05, 0.1) is 0 Å². The van der Waals surface area contributed by atoms with Crippen molar-refractivity contribution in [3.8, 4) is 5.75 Å². The quantitative estimate of drug-likeness (QED) is 0.792. The minimum absolute atomic E-state index is 0.152. The molecular weight excluding hydrogens is 280 g/mol. The van der Waals surface area contributed by atoms with Gasteiger partial charge in [-0.15, -0.1) is 0 Å². The summed E-state index contributed by atoms with van der Waals surface area (Å²) >= 11 is 0. The number of amides is 1. The lowest BCUT2D eigenvalue weighted by Crippen LogP contribution is -2.35. The van der Waals surface area contributed by atoms with Gasteiger partial charge >= 0.3 is 6.09 Å². The van der Waals surface area contributed by atoms with Gasteiger partial charge in [-0.2, -0.15) is 0 Å². The molecule has 0 spiro atoms. The van der Waals surface area contributed by atoms with Crippen molar-refractivity contribution in [2.24, 2.45) is 0 Å². The highest BCUT2D eigenvalue weighted by Gasteiger charge is 2.19. The summed E-state index contributed by atoms with van der Waals surface area (Å²) in [4.78, 5) is 13.4. The van der Waals surface area contributed by atoms with Crippen molar-refractivity contribution >= 4 is 6.09 Å². The van der Waals surface area contributed by atoms with Gasteiger partial charge in [0.15, 0.2) is 0 Å². The highest BCUT2D eigenvalue weighted by molar-refractivity contribution is 5.67. The Morgan fingerprint density at radius 1 is 1.41 bits per heavy atom. The molecule has 0 saturated carbocycles. The molecule has 1 unspecified atom stereocenters. The largest absolute Gasteiger partial charge is 0.508 e. The number of benzene rings is 1. The second-order valence-corrected chi connectivity index (χ2v) is 6.53. The van der Waals surface area contributed by atoms with Crippen LogP contribution < -0.4 is 5.32 Å². The van der Waals surface area contributed by atoms with E-state index < -0.39 is 5.60 Å². The fourth-order valence-electron chi connectivity index (χ4n) is 1.98. The molecule has 124 valence electrons. The minimum atomic E-state index is -0.465. The molecule has 1 rings (SSSR count). The van der Waals surface area contributed by atoms with Gasteiger partial charge < -0.3 is 20.1 Å². The summed E-state index contributed by atoms with van der Waals surface area (Å²) in [7, 11) is 1.74. The Morgan fingerprint density at radius 3 is 2.68 bits per heavy atom. The summed E-state index contributed by atoms with van der Waals surface area (Å²) in [6, 6.07) is 7.37. The smallest absolute Gasteiger partial charge is 0.410 e. The molecule has 1 atom stereocenters. The van der Waals surface area contributed by atoms with E-state index in [2.05, 4.69) is 5.32 Å². The molecule has 0 aliphatic carbocycles. The lowest BCUT2D eigenvalue weighted by Gasteiger charge is -2.24. The zero-order chi connectivity index (χ0) is 16.8. The van der Waals surface area contributed by atoms with Crippen LogP contribution in [0.3, 0.4) is 0 Å². The van der Waals surface area contributed by atoms with Crippen molar-refractivity contribution in [2.75, 3.05) is 20.1 Å². The second-order valence-electron chi connectivity index (χ2n) is 6.53. The predicted molar refractivity (Wildman–Crippen MR) is 88.0 cm³/mol. The Balaban J connectivity index is 2.28. The first-order valence-electron chi connectivity index (χ1n) is 7.65. The number of hydrogen-bond donors (Lipinski definition) is 2. The van der Waals surface area contributed by atoms with Crippen molar-refractivity contribution in [3.63, 3.8) is 0 Å². The van der Waals surface area contributed by atoms with Gasteiger partial charge in [-0.25, -0.2) is 4.79 Å². The standard InChI is InChI=1S/C17H28N2O3/c1-13(14-8-6-9-15(20)12-14)18-10-7-11-19(5)16(21)22-17(2,3)4/h6,8-9,12-13,18,20H,7,10-11H2,1-5H3. The predicted octanol–water partition coefficient (Wildman–Crippen LogP) is 3.30. The number of carbonyl (C=O) groups is 1. The van der Waals surface area contributed by atoms with Gasteiger partial charge in [0.25, 0.3) is 0 Å². The van der Waals surface area contributed by atoms with Crippen LogP contribution in [-0.4, -0.2) is 41.8 Å². The Bertz CT molecular complexity index is 483. The van der Waals surface area contributed by atoms with Gasteiger partial charge in [-0.1, -0.05) is 12.1 Å². The number of nitrogens with zero attached hydrogens (tertiary/aromatic N) is 1. The first-order chi connectivity index (χ1) is 10.2. The first kappa shape index (κ1) is 18.3. The number of carbonyl (C=O) groups excluding carboxylic acids is 1. The SMILES string of the molecule is CC(NCCCN(C)C(=O)OC(C)(C)C)c1cccc(O)c1. The van der Waals surface area contributed by atoms with Crippen LogP contribution in [0.2, 0.25) is 0 Å². The van der Waals surface area contributed by atoms with Crippen LogP contribution in [-0.2, 0) is 4.74 Å². The molecule has 0 radical (unpaired) electrons. The van der Waals surface area contributed by atoms with Crippen LogP contribution in [0, 0.1) is 0 Å². The highest BCUT2D eigenvalue weighted by atomic mass is 16.6. The molecular formula is C17H28N2O3. The molecule has 0 aliphatic heterocycles. The van der Waals surface area contributed by atoms with Crippen molar-refractivity contribution in [3.05, 3.63) is 29.8 Å². The van der Waals surface area contributed by atoms with Gasteiger partial charge in [0.2, 0.25) is 0 Å².